The number of hydrogen-bond acceptors (Lipinski definition) is 4. The first-order chi connectivity index (χ1) is 15.8. The van der Waals surface area contributed by atoms with Crippen LogP contribution in [0.1, 0.15) is 31.0 Å². The van der Waals surface area contributed by atoms with Gasteiger partial charge in [-0.2, -0.15) is 0 Å². The lowest BCUT2D eigenvalue weighted by atomic mass is 9.95. The molecule has 1 heterocycles. The van der Waals surface area contributed by atoms with E-state index in [0.29, 0.717) is 21.9 Å². The maximum absolute atomic E-state index is 14.0. The zero-order chi connectivity index (χ0) is 23.7. The van der Waals surface area contributed by atoms with Gasteiger partial charge in [-0.25, -0.2) is 4.39 Å². The van der Waals surface area contributed by atoms with E-state index in [9.17, 15) is 19.1 Å². The molecule has 1 unspecified atom stereocenters. The van der Waals surface area contributed by atoms with Gasteiger partial charge in [-0.3, -0.25) is 14.5 Å². The van der Waals surface area contributed by atoms with E-state index in [1.807, 2.05) is 13.8 Å². The molecule has 0 saturated carbocycles. The highest BCUT2D eigenvalue weighted by molar-refractivity contribution is 6.51. The number of halogens is 2. The van der Waals surface area contributed by atoms with E-state index in [-0.39, 0.29) is 23.1 Å². The van der Waals surface area contributed by atoms with Crippen LogP contribution < -0.4 is 9.64 Å². The lowest BCUT2D eigenvalue weighted by Crippen LogP contribution is -2.29. The van der Waals surface area contributed by atoms with Crippen LogP contribution in [0.15, 0.2) is 78.4 Å². The van der Waals surface area contributed by atoms with Crippen molar-refractivity contribution in [2.45, 2.75) is 26.0 Å². The molecule has 1 aliphatic heterocycles. The molecule has 0 spiro atoms. The average molecular weight is 466 g/mol. The lowest BCUT2D eigenvalue weighted by molar-refractivity contribution is -0.132. The number of amides is 1. The number of hydrogen-bond donors (Lipinski definition) is 1. The van der Waals surface area contributed by atoms with Crippen molar-refractivity contribution in [3.8, 4) is 5.75 Å². The number of carbonyl (C=O) groups excluding carboxylic acids is 2. The van der Waals surface area contributed by atoms with Gasteiger partial charge in [0.15, 0.2) is 0 Å². The van der Waals surface area contributed by atoms with E-state index in [0.717, 1.165) is 0 Å². The summed E-state index contributed by atoms with van der Waals surface area (Å²) in [5.74, 6) is -2.00. The first-order valence-electron chi connectivity index (χ1n) is 10.4. The van der Waals surface area contributed by atoms with Crippen molar-refractivity contribution < 1.29 is 23.8 Å². The summed E-state index contributed by atoms with van der Waals surface area (Å²) in [6.45, 7) is 3.79. The summed E-state index contributed by atoms with van der Waals surface area (Å²) in [5.41, 5.74) is 1.01. The van der Waals surface area contributed by atoms with Crippen molar-refractivity contribution in [1.82, 2.24) is 0 Å². The summed E-state index contributed by atoms with van der Waals surface area (Å²) in [4.78, 5) is 27.3. The molecule has 1 aliphatic rings. The third kappa shape index (κ3) is 4.47. The Morgan fingerprint density at radius 2 is 1.70 bits per heavy atom. The number of rotatable bonds is 5. The van der Waals surface area contributed by atoms with E-state index in [2.05, 4.69) is 0 Å². The summed E-state index contributed by atoms with van der Waals surface area (Å²) in [6, 6.07) is 17.6. The molecule has 3 aromatic carbocycles. The predicted octanol–water partition coefficient (Wildman–Crippen LogP) is 5.89. The van der Waals surface area contributed by atoms with Crippen LogP contribution in [0.4, 0.5) is 10.1 Å². The molecule has 1 N–H and O–H groups in total. The first-order valence-corrected chi connectivity index (χ1v) is 10.7. The topological polar surface area (TPSA) is 66.8 Å². The minimum absolute atomic E-state index is 0.0223. The Balaban J connectivity index is 1.86. The van der Waals surface area contributed by atoms with E-state index in [4.69, 9.17) is 16.3 Å². The molecule has 0 bridgehead atoms. The highest BCUT2D eigenvalue weighted by Gasteiger charge is 2.47. The molecular formula is C26H21ClFNO4. The summed E-state index contributed by atoms with van der Waals surface area (Å²) >= 11 is 6.03. The van der Waals surface area contributed by atoms with Crippen LogP contribution in [0.2, 0.25) is 5.02 Å². The summed E-state index contributed by atoms with van der Waals surface area (Å²) in [7, 11) is 0. The van der Waals surface area contributed by atoms with Crippen molar-refractivity contribution in [3.63, 3.8) is 0 Å². The molecule has 0 aliphatic carbocycles. The average Bonchev–Trinajstić information content (AvgIpc) is 3.04. The van der Waals surface area contributed by atoms with E-state index in [1.165, 1.54) is 29.2 Å². The minimum atomic E-state index is -0.962. The molecule has 4 rings (SSSR count). The van der Waals surface area contributed by atoms with E-state index < -0.39 is 23.5 Å². The van der Waals surface area contributed by atoms with Gasteiger partial charge in [0.2, 0.25) is 0 Å². The molecule has 0 aromatic heterocycles. The first kappa shape index (κ1) is 22.6. The SMILES string of the molecule is CC(C)Oc1ccc(/C(O)=C2\C(=O)C(=O)N(c3cccc(F)c3)C2c2ccc(Cl)cc2)cc1. The number of Topliss-reactive ketones (excluding diaryl/α,β-unsaturated/α-hetero) is 1. The Bertz CT molecular complexity index is 1240. The summed E-state index contributed by atoms with van der Waals surface area (Å²) in [6.07, 6.45) is -0.0223. The zero-order valence-electron chi connectivity index (χ0n) is 18.0. The fourth-order valence-electron chi connectivity index (χ4n) is 3.80. The third-order valence-corrected chi connectivity index (χ3v) is 5.47. The van der Waals surface area contributed by atoms with Gasteiger partial charge in [0, 0.05) is 16.3 Å². The molecular weight excluding hydrogens is 445 g/mol. The predicted molar refractivity (Wildman–Crippen MR) is 125 cm³/mol. The Morgan fingerprint density at radius 3 is 2.30 bits per heavy atom. The lowest BCUT2D eigenvalue weighted by Gasteiger charge is -2.25. The van der Waals surface area contributed by atoms with Crippen LogP contribution >= 0.6 is 11.6 Å². The van der Waals surface area contributed by atoms with Gasteiger partial charge in [-0.1, -0.05) is 29.8 Å². The van der Waals surface area contributed by atoms with Gasteiger partial charge in [0.1, 0.15) is 17.3 Å². The molecule has 1 atom stereocenters. The summed E-state index contributed by atoms with van der Waals surface area (Å²) < 4.78 is 19.6. The minimum Gasteiger partial charge on any atom is -0.507 e. The zero-order valence-corrected chi connectivity index (χ0v) is 18.7. The number of nitrogens with zero attached hydrogens (tertiary/aromatic N) is 1. The monoisotopic (exact) mass is 465 g/mol. The number of ketones is 1. The second-order valence-electron chi connectivity index (χ2n) is 7.89. The molecule has 33 heavy (non-hydrogen) atoms. The molecule has 7 heteroatoms. The molecule has 3 aromatic rings. The highest BCUT2D eigenvalue weighted by atomic mass is 35.5. The number of benzene rings is 3. The van der Waals surface area contributed by atoms with Gasteiger partial charge >= 0.3 is 0 Å². The van der Waals surface area contributed by atoms with Gasteiger partial charge in [-0.15, -0.1) is 0 Å². The second-order valence-corrected chi connectivity index (χ2v) is 8.33. The largest absolute Gasteiger partial charge is 0.507 e. The maximum atomic E-state index is 14.0. The Morgan fingerprint density at radius 1 is 1.03 bits per heavy atom. The smallest absolute Gasteiger partial charge is 0.300 e. The van der Waals surface area contributed by atoms with Crippen LogP contribution in [0.25, 0.3) is 5.76 Å². The Kier molecular flexibility index (Phi) is 6.20. The number of aliphatic hydroxyl groups excluding tert-OH is 1. The molecule has 1 fully saturated rings. The van der Waals surface area contributed by atoms with Crippen LogP contribution in [0, 0.1) is 5.82 Å². The fraction of sp³-hybridized carbons (Fsp3) is 0.154. The number of aliphatic hydroxyl groups is 1. The second kappa shape index (κ2) is 9.08. The van der Waals surface area contributed by atoms with Crippen molar-refractivity contribution in [3.05, 3.63) is 100 Å². The number of anilines is 1. The van der Waals surface area contributed by atoms with Crippen molar-refractivity contribution in [1.29, 1.82) is 0 Å². The molecule has 5 nitrogen and oxygen atoms in total. The van der Waals surface area contributed by atoms with Gasteiger partial charge in [0.05, 0.1) is 17.7 Å². The van der Waals surface area contributed by atoms with Crippen LogP contribution in [-0.4, -0.2) is 22.9 Å². The van der Waals surface area contributed by atoms with Crippen LogP contribution in [0.5, 0.6) is 5.75 Å². The highest BCUT2D eigenvalue weighted by Crippen LogP contribution is 2.42. The fourth-order valence-corrected chi connectivity index (χ4v) is 3.93. The quantitative estimate of drug-likeness (QED) is 0.290. The summed E-state index contributed by atoms with van der Waals surface area (Å²) in [5, 5.41) is 11.6. The molecule has 1 amide bonds. The van der Waals surface area contributed by atoms with E-state index >= 15 is 0 Å². The maximum Gasteiger partial charge on any atom is 0.300 e. The van der Waals surface area contributed by atoms with Crippen molar-refractivity contribution in [2.24, 2.45) is 0 Å². The molecule has 168 valence electrons. The Labute approximate surface area is 195 Å². The van der Waals surface area contributed by atoms with Crippen molar-refractivity contribution in [2.75, 3.05) is 4.90 Å². The van der Waals surface area contributed by atoms with Crippen LogP contribution in [-0.2, 0) is 9.59 Å². The standard InChI is InChI=1S/C26H21ClFNO4/c1-15(2)33-21-12-8-17(9-13-21)24(30)22-23(16-6-10-18(27)11-7-16)29(26(32)25(22)31)20-5-3-4-19(28)14-20/h3-15,23,30H,1-2H3/b24-22+. The third-order valence-electron chi connectivity index (χ3n) is 5.22. The Hall–Kier alpha value is -3.64. The molecule has 0 radical (unpaired) electrons. The van der Waals surface area contributed by atoms with Crippen LogP contribution in [0.3, 0.4) is 0 Å². The van der Waals surface area contributed by atoms with Gasteiger partial charge < -0.3 is 9.84 Å². The normalized spacial score (nSPS) is 17.6. The van der Waals surface area contributed by atoms with E-state index in [1.54, 1.807) is 48.5 Å². The molecule has 1 saturated heterocycles. The number of carbonyl (C=O) groups is 2. The van der Waals surface area contributed by atoms with Crippen molar-refractivity contribution >= 4 is 34.7 Å². The van der Waals surface area contributed by atoms with Gasteiger partial charge in [0.25, 0.3) is 11.7 Å². The van der Waals surface area contributed by atoms with Gasteiger partial charge in [-0.05, 0) is 74.0 Å². The number of ether oxygens (including phenoxy) is 1.